The van der Waals surface area contributed by atoms with Crippen LogP contribution in [0.4, 0.5) is 13.2 Å². The zero-order valence-corrected chi connectivity index (χ0v) is 9.79. The summed E-state index contributed by atoms with van der Waals surface area (Å²) >= 11 is 0. The number of halogens is 3. The van der Waals surface area contributed by atoms with E-state index < -0.39 is 19.6 Å². The number of rotatable bonds is 6. The maximum Gasteiger partial charge on any atom is 0.411 e. The highest BCUT2D eigenvalue weighted by Crippen LogP contribution is 2.28. The van der Waals surface area contributed by atoms with Gasteiger partial charge in [0, 0.05) is 6.54 Å². The first-order valence-electron chi connectivity index (χ1n) is 5.10. The third kappa shape index (κ3) is 4.80. The lowest BCUT2D eigenvalue weighted by molar-refractivity contribution is -0.186. The molecule has 1 aromatic carbocycles. The number of ether oxygens (including phenoxy) is 3. The summed E-state index contributed by atoms with van der Waals surface area (Å²) in [6.45, 7) is -1.57. The van der Waals surface area contributed by atoms with Gasteiger partial charge in [-0.05, 0) is 17.7 Å². The van der Waals surface area contributed by atoms with Crippen LogP contribution < -0.4 is 15.2 Å². The van der Waals surface area contributed by atoms with Crippen molar-refractivity contribution in [3.8, 4) is 11.5 Å². The Morgan fingerprint density at radius 2 is 1.94 bits per heavy atom. The lowest BCUT2D eigenvalue weighted by Gasteiger charge is -2.12. The Morgan fingerprint density at radius 3 is 2.50 bits per heavy atom. The first kappa shape index (κ1) is 14.6. The molecule has 18 heavy (non-hydrogen) atoms. The molecule has 0 aliphatic carbocycles. The van der Waals surface area contributed by atoms with Gasteiger partial charge in [0.25, 0.3) is 0 Å². The second-order valence-electron chi connectivity index (χ2n) is 3.42. The van der Waals surface area contributed by atoms with Crippen LogP contribution in [0.1, 0.15) is 5.56 Å². The predicted octanol–water partition coefficient (Wildman–Crippen LogP) is 2.07. The van der Waals surface area contributed by atoms with Gasteiger partial charge in [-0.25, -0.2) is 0 Å². The van der Waals surface area contributed by atoms with E-state index in [0.717, 1.165) is 5.56 Å². The molecule has 0 saturated carbocycles. The molecule has 0 radical (unpaired) electrons. The summed E-state index contributed by atoms with van der Waals surface area (Å²) in [6.07, 6.45) is -4.37. The predicted molar refractivity (Wildman–Crippen MR) is 58.4 cm³/mol. The molecule has 4 nitrogen and oxygen atoms in total. The monoisotopic (exact) mass is 265 g/mol. The van der Waals surface area contributed by atoms with Crippen LogP contribution in [-0.4, -0.2) is 26.7 Å². The second-order valence-corrected chi connectivity index (χ2v) is 3.42. The molecule has 1 rings (SSSR count). The van der Waals surface area contributed by atoms with Gasteiger partial charge < -0.3 is 19.9 Å². The van der Waals surface area contributed by atoms with Crippen molar-refractivity contribution in [3.63, 3.8) is 0 Å². The van der Waals surface area contributed by atoms with Crippen LogP contribution in [-0.2, 0) is 11.3 Å². The molecule has 0 unspecified atom stereocenters. The van der Waals surface area contributed by atoms with Crippen LogP contribution in [0.5, 0.6) is 11.5 Å². The van der Waals surface area contributed by atoms with Crippen LogP contribution >= 0.6 is 0 Å². The topological polar surface area (TPSA) is 53.7 Å². The summed E-state index contributed by atoms with van der Waals surface area (Å²) in [5.41, 5.74) is 6.23. The lowest BCUT2D eigenvalue weighted by Crippen LogP contribution is -2.19. The Hall–Kier alpha value is -1.47. The van der Waals surface area contributed by atoms with Crippen molar-refractivity contribution in [2.75, 3.05) is 20.5 Å². The fourth-order valence-corrected chi connectivity index (χ4v) is 1.22. The average Bonchev–Trinajstić information content (AvgIpc) is 2.33. The number of hydrogen-bond acceptors (Lipinski definition) is 4. The quantitative estimate of drug-likeness (QED) is 0.632. The molecule has 0 fully saturated rings. The molecule has 0 saturated heterocycles. The van der Waals surface area contributed by atoms with Crippen molar-refractivity contribution >= 4 is 0 Å². The molecule has 0 atom stereocenters. The molecule has 7 heteroatoms. The highest BCUT2D eigenvalue weighted by atomic mass is 19.4. The summed E-state index contributed by atoms with van der Waals surface area (Å²) in [5.74, 6) is 0.699. The summed E-state index contributed by atoms with van der Waals surface area (Å²) < 4.78 is 49.9. The molecule has 0 aliphatic rings. The van der Waals surface area contributed by atoms with Crippen molar-refractivity contribution in [1.82, 2.24) is 0 Å². The van der Waals surface area contributed by atoms with Crippen LogP contribution in [0, 0.1) is 0 Å². The van der Waals surface area contributed by atoms with E-state index in [4.69, 9.17) is 15.2 Å². The standard InChI is InChI=1S/C11H14F3NO3/c1-16-9-3-2-8(5-15)4-10(9)18-7-17-6-11(12,13)14/h2-4H,5-7,15H2,1H3. The van der Waals surface area contributed by atoms with E-state index in [1.54, 1.807) is 18.2 Å². The van der Waals surface area contributed by atoms with Gasteiger partial charge >= 0.3 is 6.18 Å². The average molecular weight is 265 g/mol. The third-order valence-electron chi connectivity index (χ3n) is 2.03. The van der Waals surface area contributed by atoms with Crippen molar-refractivity contribution < 1.29 is 27.4 Å². The molecule has 0 heterocycles. The number of benzene rings is 1. The Labute approximate surface area is 102 Å². The molecule has 0 amide bonds. The number of alkyl halides is 3. The molecule has 0 aliphatic heterocycles. The van der Waals surface area contributed by atoms with Gasteiger partial charge in [-0.3, -0.25) is 0 Å². The smallest absolute Gasteiger partial charge is 0.411 e. The molecule has 0 aromatic heterocycles. The lowest BCUT2D eigenvalue weighted by atomic mass is 10.2. The first-order chi connectivity index (χ1) is 8.46. The highest BCUT2D eigenvalue weighted by molar-refractivity contribution is 5.42. The van der Waals surface area contributed by atoms with E-state index in [9.17, 15) is 13.2 Å². The maximum absolute atomic E-state index is 11.8. The Morgan fingerprint density at radius 1 is 1.22 bits per heavy atom. The third-order valence-corrected chi connectivity index (χ3v) is 2.03. The van der Waals surface area contributed by atoms with Crippen molar-refractivity contribution in [3.05, 3.63) is 23.8 Å². The Bertz CT molecular complexity index is 382. The molecular weight excluding hydrogens is 251 g/mol. The van der Waals surface area contributed by atoms with E-state index in [1.165, 1.54) is 7.11 Å². The van der Waals surface area contributed by atoms with Gasteiger partial charge in [-0.2, -0.15) is 13.2 Å². The van der Waals surface area contributed by atoms with E-state index in [-0.39, 0.29) is 0 Å². The SMILES string of the molecule is COc1ccc(CN)cc1OCOCC(F)(F)F. The van der Waals surface area contributed by atoms with E-state index in [2.05, 4.69) is 4.74 Å². The van der Waals surface area contributed by atoms with E-state index in [0.29, 0.717) is 18.0 Å². The summed E-state index contributed by atoms with van der Waals surface area (Å²) in [4.78, 5) is 0. The van der Waals surface area contributed by atoms with Crippen LogP contribution in [0.25, 0.3) is 0 Å². The minimum Gasteiger partial charge on any atom is -0.493 e. The molecule has 2 N–H and O–H groups in total. The number of nitrogens with two attached hydrogens (primary N) is 1. The first-order valence-corrected chi connectivity index (χ1v) is 5.10. The fraction of sp³-hybridized carbons (Fsp3) is 0.455. The van der Waals surface area contributed by atoms with Crippen molar-refractivity contribution in [2.24, 2.45) is 5.73 Å². The van der Waals surface area contributed by atoms with E-state index >= 15 is 0 Å². The number of methoxy groups -OCH3 is 1. The van der Waals surface area contributed by atoms with Gasteiger partial charge in [0.1, 0.15) is 6.61 Å². The normalized spacial score (nSPS) is 11.4. The number of hydrogen-bond donors (Lipinski definition) is 1. The molecular formula is C11H14F3NO3. The summed E-state index contributed by atoms with van der Waals surface area (Å²) in [6, 6.07) is 4.96. The summed E-state index contributed by atoms with van der Waals surface area (Å²) in [5, 5.41) is 0. The zero-order chi connectivity index (χ0) is 13.6. The molecule has 0 spiro atoms. The Balaban J connectivity index is 2.54. The Kier molecular flexibility index (Phi) is 5.24. The molecule has 0 bridgehead atoms. The minimum atomic E-state index is -4.37. The second kappa shape index (κ2) is 6.46. The molecule has 102 valence electrons. The highest BCUT2D eigenvalue weighted by Gasteiger charge is 2.27. The van der Waals surface area contributed by atoms with Crippen molar-refractivity contribution in [2.45, 2.75) is 12.7 Å². The zero-order valence-electron chi connectivity index (χ0n) is 9.79. The fourth-order valence-electron chi connectivity index (χ4n) is 1.22. The van der Waals surface area contributed by atoms with Crippen molar-refractivity contribution in [1.29, 1.82) is 0 Å². The van der Waals surface area contributed by atoms with Gasteiger partial charge in [0.15, 0.2) is 18.3 Å². The largest absolute Gasteiger partial charge is 0.493 e. The van der Waals surface area contributed by atoms with Gasteiger partial charge in [-0.15, -0.1) is 0 Å². The minimum absolute atomic E-state index is 0.294. The van der Waals surface area contributed by atoms with E-state index in [1.807, 2.05) is 0 Å². The van der Waals surface area contributed by atoms with Crippen LogP contribution in [0.3, 0.4) is 0 Å². The van der Waals surface area contributed by atoms with Gasteiger partial charge in [0.05, 0.1) is 7.11 Å². The molecule has 1 aromatic rings. The summed E-state index contributed by atoms with van der Waals surface area (Å²) in [7, 11) is 1.43. The maximum atomic E-state index is 11.8. The van der Waals surface area contributed by atoms with Gasteiger partial charge in [0.2, 0.25) is 0 Å². The van der Waals surface area contributed by atoms with Crippen LogP contribution in [0.2, 0.25) is 0 Å². The van der Waals surface area contributed by atoms with Crippen LogP contribution in [0.15, 0.2) is 18.2 Å². The van der Waals surface area contributed by atoms with Gasteiger partial charge in [-0.1, -0.05) is 6.07 Å².